The van der Waals surface area contributed by atoms with E-state index in [0.717, 1.165) is 31.6 Å². The molecule has 2 heterocycles. The third-order valence-electron chi connectivity index (χ3n) is 4.91. The monoisotopic (exact) mass is 272 g/mol. The molecule has 1 fully saturated rings. The van der Waals surface area contributed by atoms with Crippen LogP contribution in [0.1, 0.15) is 44.7 Å². The van der Waals surface area contributed by atoms with Crippen LogP contribution in [-0.4, -0.2) is 26.0 Å². The number of carbonyl (C=O) groups excluding carboxylic acids is 1. The Hall–Kier alpha value is -1.35. The lowest BCUT2D eigenvalue weighted by atomic mass is 9.73. The summed E-state index contributed by atoms with van der Waals surface area (Å²) >= 11 is 0. The minimum atomic E-state index is -0.272. The van der Waals surface area contributed by atoms with Crippen LogP contribution < -0.4 is 10.2 Å². The molecule has 1 spiro atoms. The summed E-state index contributed by atoms with van der Waals surface area (Å²) < 4.78 is 0. The molecule has 2 aliphatic rings. The van der Waals surface area contributed by atoms with Crippen molar-refractivity contribution < 1.29 is 4.79 Å². The highest BCUT2D eigenvalue weighted by Gasteiger charge is 2.49. The standard InChI is InChI=1S/C17H24N2O/c1-16(2,3)12-5-6-13-14(11-12)19(4)15(20)17(13)7-9-18-10-8-17/h5-6,11,18H,7-10H2,1-4H3. The van der Waals surface area contributed by atoms with Gasteiger partial charge in [-0.1, -0.05) is 32.9 Å². The fourth-order valence-electron chi connectivity index (χ4n) is 3.56. The largest absolute Gasteiger partial charge is 0.317 e. The minimum Gasteiger partial charge on any atom is -0.317 e. The van der Waals surface area contributed by atoms with Crippen molar-refractivity contribution >= 4 is 11.6 Å². The maximum absolute atomic E-state index is 12.8. The first-order valence-electron chi connectivity index (χ1n) is 7.50. The van der Waals surface area contributed by atoms with Crippen LogP contribution in [0.3, 0.4) is 0 Å². The van der Waals surface area contributed by atoms with E-state index < -0.39 is 0 Å². The Kier molecular flexibility index (Phi) is 2.94. The minimum absolute atomic E-state index is 0.114. The average Bonchev–Trinajstić information content (AvgIpc) is 2.62. The highest BCUT2D eigenvalue weighted by Crippen LogP contribution is 2.47. The lowest BCUT2D eigenvalue weighted by molar-refractivity contribution is -0.123. The van der Waals surface area contributed by atoms with Crippen molar-refractivity contribution in [3.8, 4) is 0 Å². The Bertz CT molecular complexity index is 551. The third kappa shape index (κ3) is 1.80. The predicted molar refractivity (Wildman–Crippen MR) is 82.3 cm³/mol. The van der Waals surface area contributed by atoms with E-state index in [1.54, 1.807) is 0 Å². The maximum Gasteiger partial charge on any atom is 0.237 e. The number of hydrogen-bond donors (Lipinski definition) is 1. The summed E-state index contributed by atoms with van der Waals surface area (Å²) in [6.45, 7) is 8.50. The predicted octanol–water partition coefficient (Wildman–Crippen LogP) is 2.58. The summed E-state index contributed by atoms with van der Waals surface area (Å²) in [5.41, 5.74) is 3.49. The van der Waals surface area contributed by atoms with Crippen molar-refractivity contribution in [1.82, 2.24) is 5.32 Å². The number of likely N-dealkylation sites (N-methyl/N-ethyl adjacent to an activating group) is 1. The summed E-state index contributed by atoms with van der Waals surface area (Å²) in [5.74, 6) is 0.278. The molecule has 3 rings (SSSR count). The van der Waals surface area contributed by atoms with Gasteiger partial charge in [-0.05, 0) is 48.5 Å². The summed E-state index contributed by atoms with van der Waals surface area (Å²) in [7, 11) is 1.92. The lowest BCUT2D eigenvalue weighted by Crippen LogP contribution is -2.46. The molecule has 0 saturated carbocycles. The van der Waals surface area contributed by atoms with E-state index in [2.05, 4.69) is 44.3 Å². The van der Waals surface area contributed by atoms with Gasteiger partial charge in [0.1, 0.15) is 0 Å². The lowest BCUT2D eigenvalue weighted by Gasteiger charge is -2.32. The third-order valence-corrected chi connectivity index (χ3v) is 4.91. The number of fused-ring (bicyclic) bond motifs is 2. The van der Waals surface area contributed by atoms with Gasteiger partial charge in [0.05, 0.1) is 5.41 Å². The topological polar surface area (TPSA) is 32.3 Å². The van der Waals surface area contributed by atoms with Crippen molar-refractivity contribution in [2.75, 3.05) is 25.0 Å². The van der Waals surface area contributed by atoms with Gasteiger partial charge < -0.3 is 10.2 Å². The Labute approximate surface area is 121 Å². The fourth-order valence-corrected chi connectivity index (χ4v) is 3.56. The molecule has 2 aliphatic heterocycles. The van der Waals surface area contributed by atoms with Gasteiger partial charge in [-0.15, -0.1) is 0 Å². The van der Waals surface area contributed by atoms with Crippen LogP contribution in [0.25, 0.3) is 0 Å². The average molecular weight is 272 g/mol. The molecule has 1 N–H and O–H groups in total. The Morgan fingerprint density at radius 1 is 1.20 bits per heavy atom. The molecule has 0 unspecified atom stereocenters. The summed E-state index contributed by atoms with van der Waals surface area (Å²) in [6.07, 6.45) is 1.83. The van der Waals surface area contributed by atoms with Gasteiger partial charge in [0, 0.05) is 12.7 Å². The molecule has 3 nitrogen and oxygen atoms in total. The number of benzene rings is 1. The van der Waals surface area contributed by atoms with Crippen LogP contribution in [0.2, 0.25) is 0 Å². The zero-order valence-corrected chi connectivity index (χ0v) is 12.9. The molecule has 1 amide bonds. The molecule has 1 saturated heterocycles. The van der Waals surface area contributed by atoms with Crippen LogP contribution in [0, 0.1) is 0 Å². The van der Waals surface area contributed by atoms with Crippen LogP contribution in [-0.2, 0) is 15.6 Å². The first kappa shape index (κ1) is 13.6. The molecular formula is C17H24N2O. The number of anilines is 1. The van der Waals surface area contributed by atoms with Gasteiger partial charge >= 0.3 is 0 Å². The SMILES string of the molecule is CN1C(=O)C2(CCNCC2)c2ccc(C(C)(C)C)cc21. The quantitative estimate of drug-likeness (QED) is 0.787. The number of carbonyl (C=O) groups is 1. The van der Waals surface area contributed by atoms with Gasteiger partial charge in [0.15, 0.2) is 0 Å². The molecule has 0 radical (unpaired) electrons. The van der Waals surface area contributed by atoms with Gasteiger partial charge in [-0.25, -0.2) is 0 Å². The summed E-state index contributed by atoms with van der Waals surface area (Å²) in [5, 5.41) is 3.37. The molecule has 1 aromatic rings. The molecule has 3 heteroatoms. The number of nitrogens with zero attached hydrogens (tertiary/aromatic N) is 1. The molecular weight excluding hydrogens is 248 g/mol. The highest BCUT2D eigenvalue weighted by atomic mass is 16.2. The number of piperidine rings is 1. The van der Waals surface area contributed by atoms with Crippen molar-refractivity contribution in [3.05, 3.63) is 29.3 Å². The first-order chi connectivity index (χ1) is 9.36. The van der Waals surface area contributed by atoms with Crippen molar-refractivity contribution in [3.63, 3.8) is 0 Å². The second-order valence-electron chi connectivity index (χ2n) is 7.18. The summed E-state index contributed by atoms with van der Waals surface area (Å²) in [4.78, 5) is 14.7. The second kappa shape index (κ2) is 4.32. The van der Waals surface area contributed by atoms with E-state index in [1.165, 1.54) is 11.1 Å². The van der Waals surface area contributed by atoms with Crippen LogP contribution >= 0.6 is 0 Å². The maximum atomic E-state index is 12.8. The molecule has 20 heavy (non-hydrogen) atoms. The first-order valence-corrected chi connectivity index (χ1v) is 7.50. The van der Waals surface area contributed by atoms with Gasteiger partial charge in [0.2, 0.25) is 5.91 Å². The molecule has 0 aliphatic carbocycles. The van der Waals surface area contributed by atoms with E-state index in [1.807, 2.05) is 11.9 Å². The van der Waals surface area contributed by atoms with E-state index >= 15 is 0 Å². The van der Waals surface area contributed by atoms with Crippen molar-refractivity contribution in [1.29, 1.82) is 0 Å². The Morgan fingerprint density at radius 3 is 2.45 bits per heavy atom. The van der Waals surface area contributed by atoms with E-state index in [9.17, 15) is 4.79 Å². The fraction of sp³-hybridized carbons (Fsp3) is 0.588. The van der Waals surface area contributed by atoms with Gasteiger partial charge in [-0.2, -0.15) is 0 Å². The molecule has 108 valence electrons. The summed E-state index contributed by atoms with van der Waals surface area (Å²) in [6, 6.07) is 6.61. The zero-order chi connectivity index (χ0) is 14.5. The van der Waals surface area contributed by atoms with Crippen LogP contribution in [0.4, 0.5) is 5.69 Å². The highest BCUT2D eigenvalue weighted by molar-refractivity contribution is 6.08. The Balaban J connectivity index is 2.12. The van der Waals surface area contributed by atoms with E-state index in [-0.39, 0.29) is 16.7 Å². The van der Waals surface area contributed by atoms with Gasteiger partial charge in [0.25, 0.3) is 0 Å². The normalized spacial score (nSPS) is 21.4. The Morgan fingerprint density at radius 2 is 1.85 bits per heavy atom. The smallest absolute Gasteiger partial charge is 0.237 e. The number of hydrogen-bond acceptors (Lipinski definition) is 2. The van der Waals surface area contributed by atoms with Crippen LogP contribution in [0.5, 0.6) is 0 Å². The van der Waals surface area contributed by atoms with E-state index in [4.69, 9.17) is 0 Å². The van der Waals surface area contributed by atoms with Crippen LogP contribution in [0.15, 0.2) is 18.2 Å². The van der Waals surface area contributed by atoms with Crippen molar-refractivity contribution in [2.45, 2.75) is 44.4 Å². The second-order valence-corrected chi connectivity index (χ2v) is 7.18. The molecule has 0 atom stereocenters. The number of rotatable bonds is 0. The van der Waals surface area contributed by atoms with Crippen molar-refractivity contribution in [2.24, 2.45) is 0 Å². The van der Waals surface area contributed by atoms with E-state index in [0.29, 0.717) is 0 Å². The zero-order valence-electron chi connectivity index (χ0n) is 12.9. The van der Waals surface area contributed by atoms with Gasteiger partial charge in [-0.3, -0.25) is 4.79 Å². The number of nitrogens with one attached hydrogen (secondary N) is 1. The number of amides is 1. The molecule has 1 aromatic carbocycles. The molecule has 0 aromatic heterocycles. The molecule has 0 bridgehead atoms.